The van der Waals surface area contributed by atoms with Crippen molar-refractivity contribution in [3.63, 3.8) is 0 Å². The topological polar surface area (TPSA) is 68.2 Å². The van der Waals surface area contributed by atoms with E-state index in [1.54, 1.807) is 4.68 Å². The Kier molecular flexibility index (Phi) is 5.38. The van der Waals surface area contributed by atoms with Crippen LogP contribution in [0.1, 0.15) is 24.0 Å². The standard InChI is InChI=1S/C19H26N4O2/c1-13-5-4-6-16(7-13)25-14(2)8-21-19(24)18-11-20-10-17(18)15-9-22-23(3)12-15/h4-7,9,12,14,17-18,20H,8,10-11H2,1-3H3,(H,21,24)/t14?,17-,18+/m1/s1. The fourth-order valence-electron chi connectivity index (χ4n) is 3.27. The van der Waals surface area contributed by atoms with Crippen LogP contribution in [0.4, 0.5) is 0 Å². The number of hydrogen-bond donors (Lipinski definition) is 2. The van der Waals surface area contributed by atoms with Gasteiger partial charge in [0.1, 0.15) is 11.9 Å². The van der Waals surface area contributed by atoms with Crippen LogP contribution in [-0.4, -0.2) is 41.4 Å². The van der Waals surface area contributed by atoms with Crippen LogP contribution in [0.3, 0.4) is 0 Å². The smallest absolute Gasteiger partial charge is 0.225 e. The first-order chi connectivity index (χ1) is 12.0. The van der Waals surface area contributed by atoms with Crippen molar-refractivity contribution in [3.05, 3.63) is 47.8 Å². The second kappa shape index (κ2) is 7.70. The highest BCUT2D eigenvalue weighted by Crippen LogP contribution is 2.27. The van der Waals surface area contributed by atoms with Crippen LogP contribution < -0.4 is 15.4 Å². The molecule has 2 N–H and O–H groups in total. The molecule has 6 heteroatoms. The van der Waals surface area contributed by atoms with Gasteiger partial charge in [-0.25, -0.2) is 0 Å². The van der Waals surface area contributed by atoms with Crippen LogP contribution in [0.5, 0.6) is 5.75 Å². The van der Waals surface area contributed by atoms with Crippen molar-refractivity contribution in [2.75, 3.05) is 19.6 Å². The first kappa shape index (κ1) is 17.5. The molecule has 0 saturated carbocycles. The van der Waals surface area contributed by atoms with Crippen LogP contribution in [0.2, 0.25) is 0 Å². The number of benzene rings is 1. The summed E-state index contributed by atoms with van der Waals surface area (Å²) in [6.45, 7) is 5.99. The maximum Gasteiger partial charge on any atom is 0.225 e. The summed E-state index contributed by atoms with van der Waals surface area (Å²) >= 11 is 0. The molecule has 1 fully saturated rings. The maximum atomic E-state index is 12.6. The van der Waals surface area contributed by atoms with E-state index >= 15 is 0 Å². The second-order valence-electron chi connectivity index (χ2n) is 6.81. The number of rotatable bonds is 6. The minimum absolute atomic E-state index is 0.0681. The normalized spacial score (nSPS) is 21.1. The molecule has 1 aliphatic heterocycles. The highest BCUT2D eigenvalue weighted by atomic mass is 16.5. The van der Waals surface area contributed by atoms with Crippen LogP contribution in [0.25, 0.3) is 0 Å². The lowest BCUT2D eigenvalue weighted by molar-refractivity contribution is -0.125. The van der Waals surface area contributed by atoms with Crippen LogP contribution in [0.15, 0.2) is 36.7 Å². The van der Waals surface area contributed by atoms with Gasteiger partial charge in [0, 0.05) is 32.3 Å². The minimum atomic E-state index is -0.0862. The van der Waals surface area contributed by atoms with Gasteiger partial charge in [-0.3, -0.25) is 9.48 Å². The zero-order chi connectivity index (χ0) is 17.8. The maximum absolute atomic E-state index is 12.6. The fourth-order valence-corrected chi connectivity index (χ4v) is 3.27. The number of aromatic nitrogens is 2. The number of carbonyl (C=O) groups is 1. The summed E-state index contributed by atoms with van der Waals surface area (Å²) in [5.41, 5.74) is 2.27. The van der Waals surface area contributed by atoms with E-state index < -0.39 is 0 Å². The number of nitrogens with zero attached hydrogens (tertiary/aromatic N) is 2. The molecule has 134 valence electrons. The summed E-state index contributed by atoms with van der Waals surface area (Å²) in [6, 6.07) is 7.94. The van der Waals surface area contributed by atoms with Gasteiger partial charge in [-0.1, -0.05) is 12.1 Å². The molecular weight excluding hydrogens is 316 g/mol. The molecule has 1 amide bonds. The molecule has 2 aromatic rings. The molecule has 1 aromatic carbocycles. The van der Waals surface area contributed by atoms with E-state index in [0.29, 0.717) is 13.1 Å². The lowest BCUT2D eigenvalue weighted by Gasteiger charge is -2.20. The summed E-state index contributed by atoms with van der Waals surface area (Å²) in [5.74, 6) is 0.994. The van der Waals surface area contributed by atoms with E-state index in [4.69, 9.17) is 4.74 Å². The highest BCUT2D eigenvalue weighted by molar-refractivity contribution is 5.80. The monoisotopic (exact) mass is 342 g/mol. The van der Waals surface area contributed by atoms with Gasteiger partial charge in [-0.15, -0.1) is 0 Å². The van der Waals surface area contributed by atoms with E-state index in [-0.39, 0.29) is 23.8 Å². The molecule has 1 unspecified atom stereocenters. The third kappa shape index (κ3) is 4.39. The van der Waals surface area contributed by atoms with Gasteiger partial charge in [-0.05, 0) is 37.1 Å². The van der Waals surface area contributed by atoms with E-state index in [9.17, 15) is 4.79 Å². The second-order valence-corrected chi connectivity index (χ2v) is 6.81. The first-order valence-corrected chi connectivity index (χ1v) is 8.73. The van der Waals surface area contributed by atoms with Crippen molar-refractivity contribution < 1.29 is 9.53 Å². The van der Waals surface area contributed by atoms with Crippen LogP contribution in [-0.2, 0) is 11.8 Å². The van der Waals surface area contributed by atoms with Crippen molar-refractivity contribution in [1.29, 1.82) is 0 Å². The van der Waals surface area contributed by atoms with Gasteiger partial charge < -0.3 is 15.4 Å². The van der Waals surface area contributed by atoms with E-state index in [1.807, 2.05) is 57.6 Å². The number of hydrogen-bond acceptors (Lipinski definition) is 4. The average molecular weight is 342 g/mol. The molecule has 3 rings (SSSR count). The van der Waals surface area contributed by atoms with Gasteiger partial charge in [0.25, 0.3) is 0 Å². The summed E-state index contributed by atoms with van der Waals surface area (Å²) in [4.78, 5) is 12.6. The molecule has 0 radical (unpaired) electrons. The third-order valence-corrected chi connectivity index (χ3v) is 4.59. The molecule has 25 heavy (non-hydrogen) atoms. The molecule has 6 nitrogen and oxygen atoms in total. The first-order valence-electron chi connectivity index (χ1n) is 8.73. The quantitative estimate of drug-likeness (QED) is 0.837. The van der Waals surface area contributed by atoms with E-state index in [2.05, 4.69) is 15.7 Å². The highest BCUT2D eigenvalue weighted by Gasteiger charge is 2.34. The Morgan fingerprint density at radius 2 is 2.32 bits per heavy atom. The predicted molar refractivity (Wildman–Crippen MR) is 96.6 cm³/mol. The SMILES string of the molecule is Cc1cccc(OC(C)CNC(=O)[C@H]2CNC[C@@H]2c2cnn(C)c2)c1. The summed E-state index contributed by atoms with van der Waals surface area (Å²) in [7, 11) is 1.89. The summed E-state index contributed by atoms with van der Waals surface area (Å²) < 4.78 is 7.66. The molecular formula is C19H26N4O2. The largest absolute Gasteiger partial charge is 0.489 e. The lowest BCUT2D eigenvalue weighted by Crippen LogP contribution is -2.39. The third-order valence-electron chi connectivity index (χ3n) is 4.59. The van der Waals surface area contributed by atoms with Crippen molar-refractivity contribution in [2.45, 2.75) is 25.9 Å². The zero-order valence-electron chi connectivity index (χ0n) is 15.0. The molecule has 0 spiro atoms. The Morgan fingerprint density at radius 3 is 3.04 bits per heavy atom. The number of nitrogens with one attached hydrogen (secondary N) is 2. The van der Waals surface area contributed by atoms with E-state index in [0.717, 1.165) is 23.4 Å². The number of amides is 1. The van der Waals surface area contributed by atoms with Gasteiger partial charge in [0.15, 0.2) is 0 Å². The van der Waals surface area contributed by atoms with Crippen LogP contribution in [0, 0.1) is 12.8 Å². The van der Waals surface area contributed by atoms with Crippen molar-refractivity contribution in [2.24, 2.45) is 13.0 Å². The summed E-state index contributed by atoms with van der Waals surface area (Å²) in [5, 5.41) is 10.6. The Hall–Kier alpha value is -2.34. The van der Waals surface area contributed by atoms with Crippen LogP contribution >= 0.6 is 0 Å². The van der Waals surface area contributed by atoms with Gasteiger partial charge in [0.05, 0.1) is 18.7 Å². The van der Waals surface area contributed by atoms with Crippen molar-refractivity contribution in [1.82, 2.24) is 20.4 Å². The fraction of sp³-hybridized carbons (Fsp3) is 0.474. The average Bonchev–Trinajstić information content (AvgIpc) is 3.21. The molecule has 1 aromatic heterocycles. The van der Waals surface area contributed by atoms with E-state index in [1.165, 1.54) is 0 Å². The summed E-state index contributed by atoms with van der Waals surface area (Å²) in [6.07, 6.45) is 3.75. The Balaban J connectivity index is 1.53. The Bertz CT molecular complexity index is 728. The molecule has 1 saturated heterocycles. The van der Waals surface area contributed by atoms with Gasteiger partial charge >= 0.3 is 0 Å². The van der Waals surface area contributed by atoms with Crippen molar-refractivity contribution in [3.8, 4) is 5.75 Å². The Morgan fingerprint density at radius 1 is 1.48 bits per heavy atom. The zero-order valence-corrected chi connectivity index (χ0v) is 15.0. The number of ether oxygens (including phenoxy) is 1. The molecule has 0 aliphatic carbocycles. The number of carbonyl (C=O) groups excluding carboxylic acids is 1. The van der Waals surface area contributed by atoms with Crippen molar-refractivity contribution >= 4 is 5.91 Å². The molecule has 0 bridgehead atoms. The number of aryl methyl sites for hydroxylation is 2. The van der Waals surface area contributed by atoms with Gasteiger partial charge in [-0.2, -0.15) is 5.10 Å². The molecule has 2 heterocycles. The Labute approximate surface area is 148 Å². The predicted octanol–water partition coefficient (Wildman–Crippen LogP) is 1.62. The minimum Gasteiger partial charge on any atom is -0.489 e. The lowest BCUT2D eigenvalue weighted by atomic mass is 9.90. The molecule has 3 atom stereocenters. The van der Waals surface area contributed by atoms with Gasteiger partial charge in [0.2, 0.25) is 5.91 Å². The molecule has 1 aliphatic rings.